The molecule has 0 saturated carbocycles. The fourth-order valence-corrected chi connectivity index (χ4v) is 3.13. The van der Waals surface area contributed by atoms with Crippen molar-refractivity contribution in [2.24, 2.45) is 0 Å². The van der Waals surface area contributed by atoms with Crippen molar-refractivity contribution in [1.82, 2.24) is 20.0 Å². The lowest BCUT2D eigenvalue weighted by atomic mass is 9.96. The maximum absolute atomic E-state index is 4.38. The summed E-state index contributed by atoms with van der Waals surface area (Å²) in [7, 11) is 0. The smallest absolute Gasteiger partial charge is 0.0534 e. The van der Waals surface area contributed by atoms with Gasteiger partial charge < -0.3 is 5.32 Å². The van der Waals surface area contributed by atoms with Gasteiger partial charge in [-0.3, -0.25) is 9.58 Å². The molecule has 0 radical (unpaired) electrons. The molecule has 0 amide bonds. The number of nitrogens with one attached hydrogen (secondary N) is 1. The van der Waals surface area contributed by atoms with Crippen LogP contribution in [0.15, 0.2) is 12.4 Å². The third-order valence-corrected chi connectivity index (χ3v) is 4.16. The largest absolute Gasteiger partial charge is 0.313 e. The Hall–Kier alpha value is -0.870. The van der Waals surface area contributed by atoms with Crippen LogP contribution >= 0.6 is 0 Å². The van der Waals surface area contributed by atoms with Gasteiger partial charge in [-0.05, 0) is 39.8 Å². The van der Waals surface area contributed by atoms with Gasteiger partial charge in [0.15, 0.2) is 0 Å². The Morgan fingerprint density at radius 3 is 2.95 bits per heavy atom. The van der Waals surface area contributed by atoms with Crippen LogP contribution in [0.1, 0.15) is 45.6 Å². The zero-order chi connectivity index (χ0) is 13.7. The molecule has 2 unspecified atom stereocenters. The molecule has 108 valence electrons. The van der Waals surface area contributed by atoms with E-state index < -0.39 is 0 Å². The zero-order valence-corrected chi connectivity index (χ0v) is 12.6. The fourth-order valence-electron chi connectivity index (χ4n) is 3.13. The van der Waals surface area contributed by atoms with Crippen LogP contribution < -0.4 is 5.32 Å². The summed E-state index contributed by atoms with van der Waals surface area (Å²) in [6.07, 6.45) is 8.22. The van der Waals surface area contributed by atoms with E-state index in [-0.39, 0.29) is 0 Å². The highest BCUT2D eigenvalue weighted by atomic mass is 15.3. The Morgan fingerprint density at radius 1 is 1.42 bits per heavy atom. The summed E-state index contributed by atoms with van der Waals surface area (Å²) in [4.78, 5) is 2.63. The van der Waals surface area contributed by atoms with Crippen molar-refractivity contribution in [2.45, 2.75) is 65.2 Å². The van der Waals surface area contributed by atoms with E-state index in [9.17, 15) is 0 Å². The number of rotatable bonds is 6. The standard InChI is InChI=1S/C15H28N4/c1-4-16-13(3)15-8-6-7-9-18(15)11-14-10-17-19(5-2)12-14/h10,12-13,15-16H,4-9,11H2,1-3H3. The Kier molecular flexibility index (Phi) is 5.40. The van der Waals surface area contributed by atoms with Crippen LogP contribution in [0.4, 0.5) is 0 Å². The van der Waals surface area contributed by atoms with Crippen molar-refractivity contribution in [1.29, 1.82) is 0 Å². The molecular weight excluding hydrogens is 236 g/mol. The third-order valence-electron chi connectivity index (χ3n) is 4.16. The molecule has 0 aliphatic carbocycles. The minimum atomic E-state index is 0.575. The van der Waals surface area contributed by atoms with Gasteiger partial charge in [-0.2, -0.15) is 5.10 Å². The Bertz CT molecular complexity index is 374. The summed E-state index contributed by atoms with van der Waals surface area (Å²) in [6, 6.07) is 1.24. The number of hydrogen-bond donors (Lipinski definition) is 1. The predicted octanol–water partition coefficient (Wildman–Crippen LogP) is 2.26. The number of aryl methyl sites for hydroxylation is 1. The summed E-state index contributed by atoms with van der Waals surface area (Å²) in [6.45, 7) is 10.9. The molecule has 1 fully saturated rings. The minimum Gasteiger partial charge on any atom is -0.313 e. The summed E-state index contributed by atoms with van der Waals surface area (Å²) < 4.78 is 2.02. The van der Waals surface area contributed by atoms with E-state index in [1.807, 2.05) is 10.9 Å². The number of piperidine rings is 1. The number of aromatic nitrogens is 2. The molecule has 1 saturated heterocycles. The van der Waals surface area contributed by atoms with E-state index in [0.29, 0.717) is 12.1 Å². The lowest BCUT2D eigenvalue weighted by molar-refractivity contribution is 0.112. The average Bonchev–Trinajstić information content (AvgIpc) is 2.87. The minimum absolute atomic E-state index is 0.575. The van der Waals surface area contributed by atoms with E-state index >= 15 is 0 Å². The van der Waals surface area contributed by atoms with E-state index in [1.54, 1.807) is 0 Å². The van der Waals surface area contributed by atoms with Crippen LogP contribution in [0, 0.1) is 0 Å². The molecule has 4 heteroatoms. The summed E-state index contributed by atoms with van der Waals surface area (Å²) in [5.41, 5.74) is 1.34. The summed E-state index contributed by atoms with van der Waals surface area (Å²) in [5.74, 6) is 0. The first kappa shape index (κ1) is 14.5. The van der Waals surface area contributed by atoms with E-state index in [4.69, 9.17) is 0 Å². The van der Waals surface area contributed by atoms with Crippen molar-refractivity contribution in [3.8, 4) is 0 Å². The highest BCUT2D eigenvalue weighted by Gasteiger charge is 2.26. The first-order chi connectivity index (χ1) is 9.24. The number of likely N-dealkylation sites (tertiary alicyclic amines) is 1. The van der Waals surface area contributed by atoms with Gasteiger partial charge in [0.25, 0.3) is 0 Å². The molecule has 1 N–H and O–H groups in total. The predicted molar refractivity (Wildman–Crippen MR) is 79.1 cm³/mol. The molecule has 1 aliphatic rings. The second kappa shape index (κ2) is 7.06. The first-order valence-corrected chi connectivity index (χ1v) is 7.73. The molecule has 1 aromatic heterocycles. The molecule has 4 nitrogen and oxygen atoms in total. The van der Waals surface area contributed by atoms with Crippen LogP contribution in [-0.2, 0) is 13.1 Å². The quantitative estimate of drug-likeness (QED) is 0.855. The van der Waals surface area contributed by atoms with Crippen molar-refractivity contribution in [3.63, 3.8) is 0 Å². The average molecular weight is 264 g/mol. The van der Waals surface area contributed by atoms with Crippen LogP contribution in [0.5, 0.6) is 0 Å². The molecule has 1 aromatic rings. The lowest BCUT2D eigenvalue weighted by Gasteiger charge is -2.39. The highest BCUT2D eigenvalue weighted by Crippen LogP contribution is 2.22. The topological polar surface area (TPSA) is 33.1 Å². The Morgan fingerprint density at radius 2 is 2.26 bits per heavy atom. The van der Waals surface area contributed by atoms with Crippen molar-refractivity contribution >= 4 is 0 Å². The van der Waals surface area contributed by atoms with Crippen molar-refractivity contribution in [3.05, 3.63) is 18.0 Å². The molecule has 2 rings (SSSR count). The first-order valence-electron chi connectivity index (χ1n) is 7.73. The lowest BCUT2D eigenvalue weighted by Crippen LogP contribution is -2.50. The number of likely N-dealkylation sites (N-methyl/N-ethyl adjacent to an activating group) is 1. The Balaban J connectivity index is 1.98. The summed E-state index contributed by atoms with van der Waals surface area (Å²) in [5, 5.41) is 7.97. The van der Waals surface area contributed by atoms with Gasteiger partial charge in [-0.25, -0.2) is 0 Å². The van der Waals surface area contributed by atoms with Crippen LogP contribution in [-0.4, -0.2) is 39.9 Å². The van der Waals surface area contributed by atoms with E-state index in [2.05, 4.69) is 42.3 Å². The molecule has 19 heavy (non-hydrogen) atoms. The monoisotopic (exact) mass is 264 g/mol. The maximum Gasteiger partial charge on any atom is 0.0534 e. The molecule has 2 heterocycles. The molecular formula is C15H28N4. The van der Waals surface area contributed by atoms with E-state index in [0.717, 1.165) is 19.6 Å². The Labute approximate surface area is 117 Å². The molecule has 0 spiro atoms. The number of hydrogen-bond acceptors (Lipinski definition) is 3. The van der Waals surface area contributed by atoms with Crippen molar-refractivity contribution in [2.75, 3.05) is 13.1 Å². The second-order valence-electron chi connectivity index (χ2n) is 5.58. The van der Waals surface area contributed by atoms with Gasteiger partial charge in [0.2, 0.25) is 0 Å². The van der Waals surface area contributed by atoms with Gasteiger partial charge in [-0.1, -0.05) is 13.3 Å². The molecule has 0 aromatic carbocycles. The molecule has 2 atom stereocenters. The fraction of sp³-hybridized carbons (Fsp3) is 0.800. The highest BCUT2D eigenvalue weighted by molar-refractivity contribution is 5.04. The molecule has 0 bridgehead atoms. The normalized spacial score (nSPS) is 22.6. The maximum atomic E-state index is 4.38. The second-order valence-corrected chi connectivity index (χ2v) is 5.58. The third kappa shape index (κ3) is 3.80. The number of nitrogens with zero attached hydrogens (tertiary/aromatic N) is 3. The molecule has 1 aliphatic heterocycles. The zero-order valence-electron chi connectivity index (χ0n) is 12.6. The van der Waals surface area contributed by atoms with Gasteiger partial charge in [-0.15, -0.1) is 0 Å². The van der Waals surface area contributed by atoms with Crippen LogP contribution in [0.3, 0.4) is 0 Å². The van der Waals surface area contributed by atoms with Crippen LogP contribution in [0.25, 0.3) is 0 Å². The van der Waals surface area contributed by atoms with E-state index in [1.165, 1.54) is 31.4 Å². The van der Waals surface area contributed by atoms with Gasteiger partial charge >= 0.3 is 0 Å². The SMILES string of the molecule is CCNC(C)C1CCCCN1Cc1cnn(CC)c1. The van der Waals surface area contributed by atoms with Gasteiger partial charge in [0.05, 0.1) is 6.20 Å². The van der Waals surface area contributed by atoms with Gasteiger partial charge in [0.1, 0.15) is 0 Å². The summed E-state index contributed by atoms with van der Waals surface area (Å²) >= 11 is 0. The van der Waals surface area contributed by atoms with Gasteiger partial charge in [0, 0.05) is 36.9 Å². The van der Waals surface area contributed by atoms with Crippen LogP contribution in [0.2, 0.25) is 0 Å². The van der Waals surface area contributed by atoms with Crippen molar-refractivity contribution < 1.29 is 0 Å².